The van der Waals surface area contributed by atoms with E-state index in [1.807, 2.05) is 0 Å². The molecule has 1 saturated carbocycles. The van der Waals surface area contributed by atoms with Gasteiger partial charge in [0.15, 0.2) is 6.61 Å². The molecule has 1 fully saturated rings. The molecule has 7 heteroatoms. The number of carbonyl (C=O) groups excluding carboxylic acids is 2. The predicted molar refractivity (Wildman–Crippen MR) is 87.5 cm³/mol. The second kappa shape index (κ2) is 8.39. The highest BCUT2D eigenvalue weighted by atomic mass is 79.9. The van der Waals surface area contributed by atoms with Crippen LogP contribution in [0.4, 0.5) is 0 Å². The van der Waals surface area contributed by atoms with Crippen molar-refractivity contribution in [2.75, 3.05) is 6.61 Å². The van der Waals surface area contributed by atoms with E-state index in [9.17, 15) is 9.59 Å². The minimum Gasteiger partial charge on any atom is -0.483 e. The van der Waals surface area contributed by atoms with E-state index in [4.69, 9.17) is 16.3 Å². The minimum atomic E-state index is -0.411. The number of carbonyl (C=O) groups is 2. The molecule has 1 aromatic rings. The molecule has 0 atom stereocenters. The summed E-state index contributed by atoms with van der Waals surface area (Å²) < 4.78 is 6.03. The largest absolute Gasteiger partial charge is 0.483 e. The number of hydrogen-bond acceptors (Lipinski definition) is 3. The molecule has 5 nitrogen and oxygen atoms in total. The normalized spacial score (nSPS) is 15.2. The van der Waals surface area contributed by atoms with Gasteiger partial charge in [-0.2, -0.15) is 0 Å². The first kappa shape index (κ1) is 17.1. The van der Waals surface area contributed by atoms with Crippen molar-refractivity contribution in [3.8, 4) is 5.75 Å². The Morgan fingerprint density at radius 1 is 1.23 bits per heavy atom. The zero-order valence-electron chi connectivity index (χ0n) is 12.0. The average molecular weight is 390 g/mol. The summed E-state index contributed by atoms with van der Waals surface area (Å²) in [4.78, 5) is 23.6. The van der Waals surface area contributed by atoms with E-state index in [0.29, 0.717) is 15.2 Å². The van der Waals surface area contributed by atoms with Gasteiger partial charge in [0.1, 0.15) is 5.75 Å². The van der Waals surface area contributed by atoms with Crippen LogP contribution in [0.3, 0.4) is 0 Å². The molecular formula is C15H18BrClN2O3. The van der Waals surface area contributed by atoms with Crippen LogP contribution in [-0.2, 0) is 9.59 Å². The third-order valence-electron chi connectivity index (χ3n) is 3.55. The van der Waals surface area contributed by atoms with Crippen molar-refractivity contribution in [1.82, 2.24) is 10.9 Å². The molecule has 0 spiro atoms. The van der Waals surface area contributed by atoms with E-state index >= 15 is 0 Å². The van der Waals surface area contributed by atoms with Crippen molar-refractivity contribution in [2.24, 2.45) is 5.92 Å². The summed E-state index contributed by atoms with van der Waals surface area (Å²) in [6.45, 7) is -0.189. The summed E-state index contributed by atoms with van der Waals surface area (Å²) >= 11 is 9.13. The van der Waals surface area contributed by atoms with Gasteiger partial charge in [-0.25, -0.2) is 0 Å². The van der Waals surface area contributed by atoms with E-state index in [-0.39, 0.29) is 18.4 Å². The summed E-state index contributed by atoms with van der Waals surface area (Å²) in [6.07, 6.45) is 5.09. The standard InChI is InChI=1S/C15H18BrClN2O3/c16-12-8-11(17)6-7-13(12)22-9-14(20)18-19-15(21)10-4-2-1-3-5-10/h6-8,10H,1-5,9H2,(H,18,20)(H,19,21). The number of hydrogen-bond donors (Lipinski definition) is 2. The van der Waals surface area contributed by atoms with Gasteiger partial charge in [0, 0.05) is 10.9 Å². The molecule has 2 rings (SSSR count). The van der Waals surface area contributed by atoms with Crippen molar-refractivity contribution in [3.63, 3.8) is 0 Å². The minimum absolute atomic E-state index is 0.000350. The molecule has 120 valence electrons. The van der Waals surface area contributed by atoms with E-state index in [2.05, 4.69) is 26.8 Å². The zero-order chi connectivity index (χ0) is 15.9. The van der Waals surface area contributed by atoms with Gasteiger partial charge >= 0.3 is 0 Å². The number of hydrazine groups is 1. The Hall–Kier alpha value is -1.27. The first-order valence-corrected chi connectivity index (χ1v) is 8.40. The van der Waals surface area contributed by atoms with Crippen LogP contribution in [0.5, 0.6) is 5.75 Å². The Kier molecular flexibility index (Phi) is 6.51. The van der Waals surface area contributed by atoms with Crippen LogP contribution in [0.15, 0.2) is 22.7 Å². The first-order chi connectivity index (χ1) is 10.6. The monoisotopic (exact) mass is 388 g/mol. The molecule has 1 aliphatic rings. The van der Waals surface area contributed by atoms with E-state index in [1.165, 1.54) is 6.42 Å². The van der Waals surface area contributed by atoms with E-state index in [1.54, 1.807) is 18.2 Å². The molecule has 2 amide bonds. The Morgan fingerprint density at radius 2 is 1.95 bits per heavy atom. The number of nitrogens with one attached hydrogen (secondary N) is 2. The van der Waals surface area contributed by atoms with Gasteiger partial charge in [0.2, 0.25) is 5.91 Å². The summed E-state index contributed by atoms with van der Waals surface area (Å²) in [5, 5.41) is 0.573. The zero-order valence-corrected chi connectivity index (χ0v) is 14.4. The molecule has 1 aliphatic carbocycles. The fourth-order valence-electron chi connectivity index (χ4n) is 2.37. The van der Waals surface area contributed by atoms with Gasteiger partial charge in [0.05, 0.1) is 4.47 Å². The fourth-order valence-corrected chi connectivity index (χ4v) is 3.17. The van der Waals surface area contributed by atoms with Crippen molar-refractivity contribution in [3.05, 3.63) is 27.7 Å². The summed E-state index contributed by atoms with van der Waals surface area (Å²) in [7, 11) is 0. The third kappa shape index (κ3) is 5.18. The average Bonchev–Trinajstić information content (AvgIpc) is 2.52. The van der Waals surface area contributed by atoms with Crippen LogP contribution >= 0.6 is 27.5 Å². The van der Waals surface area contributed by atoms with Gasteiger partial charge in [-0.1, -0.05) is 30.9 Å². The lowest BCUT2D eigenvalue weighted by Crippen LogP contribution is -2.46. The van der Waals surface area contributed by atoms with Crippen molar-refractivity contribution in [1.29, 1.82) is 0 Å². The maximum absolute atomic E-state index is 11.9. The molecule has 0 aromatic heterocycles. The second-order valence-electron chi connectivity index (χ2n) is 5.24. The molecule has 0 heterocycles. The van der Waals surface area contributed by atoms with Gasteiger partial charge < -0.3 is 4.74 Å². The number of amides is 2. The Morgan fingerprint density at radius 3 is 2.64 bits per heavy atom. The molecular weight excluding hydrogens is 372 g/mol. The quantitative estimate of drug-likeness (QED) is 0.777. The Labute approximate surface area is 142 Å². The SMILES string of the molecule is O=C(COc1ccc(Cl)cc1Br)NNC(=O)C1CCCCC1. The van der Waals surface area contributed by atoms with Crippen molar-refractivity contribution < 1.29 is 14.3 Å². The van der Waals surface area contributed by atoms with Crippen LogP contribution in [0.25, 0.3) is 0 Å². The molecule has 22 heavy (non-hydrogen) atoms. The number of rotatable bonds is 4. The number of halogens is 2. The van der Waals surface area contributed by atoms with Crippen molar-refractivity contribution in [2.45, 2.75) is 32.1 Å². The maximum atomic E-state index is 11.9. The molecule has 1 aromatic carbocycles. The Balaban J connectivity index is 1.72. The highest BCUT2D eigenvalue weighted by molar-refractivity contribution is 9.10. The van der Waals surface area contributed by atoms with Crippen LogP contribution < -0.4 is 15.6 Å². The fraction of sp³-hybridized carbons (Fsp3) is 0.467. The number of ether oxygens (including phenoxy) is 1. The lowest BCUT2D eigenvalue weighted by atomic mass is 9.89. The van der Waals surface area contributed by atoms with Gasteiger partial charge in [-0.3, -0.25) is 20.4 Å². The number of benzene rings is 1. The van der Waals surface area contributed by atoms with Gasteiger partial charge in [0.25, 0.3) is 5.91 Å². The summed E-state index contributed by atoms with van der Waals surface area (Å²) in [5.41, 5.74) is 4.84. The van der Waals surface area contributed by atoms with Crippen LogP contribution in [-0.4, -0.2) is 18.4 Å². The van der Waals surface area contributed by atoms with Crippen LogP contribution in [0, 0.1) is 5.92 Å². The lowest BCUT2D eigenvalue weighted by Gasteiger charge is -2.20. The Bertz CT molecular complexity index is 548. The third-order valence-corrected chi connectivity index (χ3v) is 4.41. The first-order valence-electron chi connectivity index (χ1n) is 7.23. The molecule has 0 aliphatic heterocycles. The molecule has 0 radical (unpaired) electrons. The topological polar surface area (TPSA) is 67.4 Å². The van der Waals surface area contributed by atoms with Gasteiger partial charge in [-0.15, -0.1) is 0 Å². The smallest absolute Gasteiger partial charge is 0.276 e. The maximum Gasteiger partial charge on any atom is 0.276 e. The molecule has 0 bridgehead atoms. The lowest BCUT2D eigenvalue weighted by molar-refractivity contribution is -0.132. The van der Waals surface area contributed by atoms with Crippen molar-refractivity contribution >= 4 is 39.3 Å². The van der Waals surface area contributed by atoms with Crippen LogP contribution in [0.2, 0.25) is 5.02 Å². The van der Waals surface area contributed by atoms with E-state index < -0.39 is 5.91 Å². The van der Waals surface area contributed by atoms with Gasteiger partial charge in [-0.05, 0) is 47.0 Å². The molecule has 2 N–H and O–H groups in total. The summed E-state index contributed by atoms with van der Waals surface area (Å²) in [5.74, 6) is -0.0229. The summed E-state index contributed by atoms with van der Waals surface area (Å²) in [6, 6.07) is 5.02. The predicted octanol–water partition coefficient (Wildman–Crippen LogP) is 3.21. The molecule has 0 unspecified atom stereocenters. The van der Waals surface area contributed by atoms with E-state index in [0.717, 1.165) is 25.7 Å². The highest BCUT2D eigenvalue weighted by Gasteiger charge is 2.21. The second-order valence-corrected chi connectivity index (χ2v) is 6.53. The highest BCUT2D eigenvalue weighted by Crippen LogP contribution is 2.27. The van der Waals surface area contributed by atoms with Crippen LogP contribution in [0.1, 0.15) is 32.1 Å². The molecule has 0 saturated heterocycles.